The second kappa shape index (κ2) is 11.0. The average molecular weight is 474 g/mol. The topological polar surface area (TPSA) is 59.8 Å². The van der Waals surface area contributed by atoms with Crippen molar-refractivity contribution < 1.29 is 13.9 Å². The van der Waals surface area contributed by atoms with Crippen molar-refractivity contribution in [3.63, 3.8) is 0 Å². The smallest absolute Gasteiger partial charge is 0.339 e. The van der Waals surface area contributed by atoms with E-state index in [1.807, 2.05) is 31.2 Å². The third-order valence-corrected chi connectivity index (χ3v) is 6.66. The second-order valence-corrected chi connectivity index (χ2v) is 9.98. The first-order valence-corrected chi connectivity index (χ1v) is 12.4. The van der Waals surface area contributed by atoms with E-state index in [9.17, 15) is 9.59 Å². The number of likely N-dealkylation sites (tertiary alicyclic amines) is 1. The lowest BCUT2D eigenvalue weighted by Crippen LogP contribution is -2.35. The molecule has 2 heterocycles. The largest absolute Gasteiger partial charge is 0.490 e. The Labute approximate surface area is 207 Å². The predicted octanol–water partition coefficient (Wildman–Crippen LogP) is 5.44. The Morgan fingerprint density at radius 2 is 1.83 bits per heavy atom. The van der Waals surface area contributed by atoms with Gasteiger partial charge in [0.1, 0.15) is 23.2 Å². The fraction of sp³-hybridized carbons (Fsp3) is 0.400. The molecule has 0 saturated carbocycles. The number of nitrogens with zero attached hydrogens (tertiary/aromatic N) is 1. The third kappa shape index (κ3) is 6.49. The van der Waals surface area contributed by atoms with Crippen LogP contribution < -0.4 is 10.4 Å². The molecule has 5 nitrogen and oxygen atoms in total. The van der Waals surface area contributed by atoms with E-state index in [1.165, 1.54) is 11.1 Å². The van der Waals surface area contributed by atoms with E-state index < -0.39 is 5.63 Å². The molecule has 0 amide bonds. The van der Waals surface area contributed by atoms with Crippen LogP contribution in [0.5, 0.6) is 5.75 Å². The first-order valence-electron chi connectivity index (χ1n) is 12.4. The zero-order valence-electron chi connectivity index (χ0n) is 21.2. The molecule has 35 heavy (non-hydrogen) atoms. The molecular weight excluding hydrogens is 438 g/mol. The van der Waals surface area contributed by atoms with E-state index in [0.29, 0.717) is 17.6 Å². The van der Waals surface area contributed by atoms with Crippen LogP contribution in [0.15, 0.2) is 63.3 Å². The highest BCUT2D eigenvalue weighted by Crippen LogP contribution is 2.29. The fourth-order valence-corrected chi connectivity index (χ4v) is 4.57. The number of Topliss-reactive ketones (excluding diaryl/α,β-unsaturated/α-hetero) is 1. The number of fused-ring (bicyclic) bond motifs is 1. The summed E-state index contributed by atoms with van der Waals surface area (Å²) < 4.78 is 11.9. The van der Waals surface area contributed by atoms with Gasteiger partial charge in [0.25, 0.3) is 0 Å². The van der Waals surface area contributed by atoms with Gasteiger partial charge in [-0.15, -0.1) is 0 Å². The highest BCUT2D eigenvalue weighted by Gasteiger charge is 2.20. The average Bonchev–Trinajstić information content (AvgIpc) is 2.82. The van der Waals surface area contributed by atoms with Crippen LogP contribution in [0.2, 0.25) is 0 Å². The SMILES string of the molecule is CC(C)=CCc1cccc(CC(=O)Cc2cc3ccc(OC4CCN(C)CC4)c(C)c3oc2=O)c1. The first kappa shape index (κ1) is 24.9. The van der Waals surface area contributed by atoms with Gasteiger partial charge in [-0.25, -0.2) is 4.79 Å². The fourth-order valence-electron chi connectivity index (χ4n) is 4.57. The standard InChI is InChI=1S/C30H35NO4/c1-20(2)8-9-22-6-5-7-23(16-22)17-26(32)19-25-18-24-10-11-28(21(3)29(24)35-30(25)33)34-27-12-14-31(4)15-13-27/h5-8,10-11,16,18,27H,9,12-15,17,19H2,1-4H3. The Balaban J connectivity index is 1.47. The van der Waals surface area contributed by atoms with Crippen molar-refractivity contribution in [2.24, 2.45) is 0 Å². The molecule has 1 aliphatic rings. The Bertz CT molecular complexity index is 1290. The van der Waals surface area contributed by atoms with Gasteiger partial charge in [0.05, 0.1) is 0 Å². The maximum Gasteiger partial charge on any atom is 0.339 e. The van der Waals surface area contributed by atoms with Crippen LogP contribution in [0.25, 0.3) is 11.0 Å². The van der Waals surface area contributed by atoms with Gasteiger partial charge in [0, 0.05) is 42.4 Å². The number of carbonyl (C=O) groups excluding carboxylic acids is 1. The van der Waals surface area contributed by atoms with E-state index in [4.69, 9.17) is 9.15 Å². The van der Waals surface area contributed by atoms with Gasteiger partial charge >= 0.3 is 5.63 Å². The minimum absolute atomic E-state index is 0.00467. The molecule has 1 aliphatic heterocycles. The van der Waals surface area contributed by atoms with Crippen LogP contribution in [0.1, 0.15) is 48.9 Å². The summed E-state index contributed by atoms with van der Waals surface area (Å²) in [5.74, 6) is 0.752. The van der Waals surface area contributed by atoms with Crippen molar-refractivity contribution in [1.82, 2.24) is 4.90 Å². The number of rotatable bonds is 8. The number of piperidine rings is 1. The van der Waals surface area contributed by atoms with Gasteiger partial charge in [-0.3, -0.25) is 4.79 Å². The summed E-state index contributed by atoms with van der Waals surface area (Å²) in [5, 5.41) is 0.810. The number of ether oxygens (including phenoxy) is 1. The summed E-state index contributed by atoms with van der Waals surface area (Å²) in [4.78, 5) is 27.8. The predicted molar refractivity (Wildman–Crippen MR) is 140 cm³/mol. The zero-order valence-corrected chi connectivity index (χ0v) is 21.2. The van der Waals surface area contributed by atoms with E-state index in [1.54, 1.807) is 6.07 Å². The lowest BCUT2D eigenvalue weighted by atomic mass is 10.00. The summed E-state index contributed by atoms with van der Waals surface area (Å²) in [6.45, 7) is 8.11. The lowest BCUT2D eigenvalue weighted by Gasteiger charge is -2.29. The van der Waals surface area contributed by atoms with Crippen LogP contribution in [0, 0.1) is 6.92 Å². The van der Waals surface area contributed by atoms with Gasteiger partial charge < -0.3 is 14.1 Å². The number of ketones is 1. The number of benzene rings is 2. The summed E-state index contributed by atoms with van der Waals surface area (Å²) in [6.07, 6.45) is 5.51. The van der Waals surface area contributed by atoms with Crippen molar-refractivity contribution in [3.8, 4) is 5.75 Å². The Morgan fingerprint density at radius 1 is 1.09 bits per heavy atom. The summed E-state index contributed by atoms with van der Waals surface area (Å²) in [6, 6.07) is 13.7. The van der Waals surface area contributed by atoms with E-state index >= 15 is 0 Å². The van der Waals surface area contributed by atoms with Crippen LogP contribution in [-0.4, -0.2) is 36.9 Å². The Kier molecular flexibility index (Phi) is 7.86. The molecule has 184 valence electrons. The van der Waals surface area contributed by atoms with Crippen LogP contribution >= 0.6 is 0 Å². The molecule has 1 saturated heterocycles. The molecule has 4 rings (SSSR count). The summed E-state index contributed by atoms with van der Waals surface area (Å²) >= 11 is 0. The molecule has 0 unspecified atom stereocenters. The first-order chi connectivity index (χ1) is 16.8. The van der Waals surface area contributed by atoms with Gasteiger partial charge in [0.2, 0.25) is 0 Å². The minimum Gasteiger partial charge on any atom is -0.490 e. The highest BCUT2D eigenvalue weighted by molar-refractivity contribution is 5.86. The van der Waals surface area contributed by atoms with Crippen molar-refractivity contribution in [2.75, 3.05) is 20.1 Å². The molecule has 3 aromatic rings. The lowest BCUT2D eigenvalue weighted by molar-refractivity contribution is -0.117. The molecule has 0 atom stereocenters. The highest BCUT2D eigenvalue weighted by atomic mass is 16.5. The molecule has 0 N–H and O–H groups in total. The number of carbonyl (C=O) groups is 1. The Morgan fingerprint density at radius 3 is 2.57 bits per heavy atom. The van der Waals surface area contributed by atoms with E-state index in [-0.39, 0.29) is 18.3 Å². The van der Waals surface area contributed by atoms with Crippen molar-refractivity contribution >= 4 is 16.8 Å². The van der Waals surface area contributed by atoms with Crippen molar-refractivity contribution in [2.45, 2.75) is 59.0 Å². The van der Waals surface area contributed by atoms with Crippen molar-refractivity contribution in [3.05, 3.63) is 86.8 Å². The molecule has 0 radical (unpaired) electrons. The van der Waals surface area contributed by atoms with Crippen LogP contribution in [0.3, 0.4) is 0 Å². The molecule has 1 fully saturated rings. The molecule has 0 bridgehead atoms. The third-order valence-electron chi connectivity index (χ3n) is 6.66. The summed E-state index contributed by atoms with van der Waals surface area (Å²) in [7, 11) is 2.12. The van der Waals surface area contributed by atoms with Crippen LogP contribution in [-0.2, 0) is 24.1 Å². The zero-order chi connectivity index (χ0) is 24.9. The maximum atomic E-state index is 12.8. The molecule has 5 heteroatoms. The number of allylic oxidation sites excluding steroid dienone is 2. The molecule has 0 spiro atoms. The molecule has 0 aliphatic carbocycles. The maximum absolute atomic E-state index is 12.8. The van der Waals surface area contributed by atoms with Crippen LogP contribution in [0.4, 0.5) is 0 Å². The van der Waals surface area contributed by atoms with Gasteiger partial charge in [-0.05, 0) is 76.4 Å². The number of aryl methyl sites for hydroxylation is 1. The van der Waals surface area contributed by atoms with Gasteiger partial charge in [-0.2, -0.15) is 0 Å². The van der Waals surface area contributed by atoms with Gasteiger partial charge in [0.15, 0.2) is 0 Å². The molecular formula is C30H35NO4. The normalized spacial score (nSPS) is 14.7. The van der Waals surface area contributed by atoms with E-state index in [2.05, 4.69) is 44.0 Å². The second-order valence-electron chi connectivity index (χ2n) is 9.98. The van der Waals surface area contributed by atoms with Gasteiger partial charge in [-0.1, -0.05) is 35.9 Å². The monoisotopic (exact) mass is 473 g/mol. The molecule has 2 aromatic carbocycles. The number of hydrogen-bond donors (Lipinski definition) is 0. The quantitative estimate of drug-likeness (QED) is 0.322. The number of hydrogen-bond acceptors (Lipinski definition) is 5. The molecule has 1 aromatic heterocycles. The van der Waals surface area contributed by atoms with E-state index in [0.717, 1.165) is 54.6 Å². The minimum atomic E-state index is -0.456. The van der Waals surface area contributed by atoms with Crippen molar-refractivity contribution in [1.29, 1.82) is 0 Å². The Hall–Kier alpha value is -3.18. The summed E-state index contributed by atoms with van der Waals surface area (Å²) in [5.41, 5.74) is 4.70.